The Kier molecular flexibility index (Phi) is 12.1. The maximum atomic E-state index is 6.14. The van der Waals surface area contributed by atoms with Crippen LogP contribution in [0.2, 0.25) is 0 Å². The normalized spacial score (nSPS) is 21.3. The number of methoxy groups -OCH3 is 4. The first-order chi connectivity index (χ1) is 12.6. The highest BCUT2D eigenvalue weighted by molar-refractivity contribution is 6.15. The van der Waals surface area contributed by atoms with E-state index in [4.69, 9.17) is 28.4 Å². The van der Waals surface area contributed by atoms with Crippen LogP contribution >= 0.6 is 0 Å². The summed E-state index contributed by atoms with van der Waals surface area (Å²) in [6.45, 7) is 9.28. The minimum atomic E-state index is -0.964. The summed E-state index contributed by atoms with van der Waals surface area (Å²) in [5.74, 6) is 0. The summed E-state index contributed by atoms with van der Waals surface area (Å²) in [5, 5.41) is 3.47. The predicted molar refractivity (Wildman–Crippen MR) is 115 cm³/mol. The third-order valence-electron chi connectivity index (χ3n) is 5.56. The van der Waals surface area contributed by atoms with Crippen LogP contribution in [-0.2, 0) is 28.4 Å². The Morgan fingerprint density at radius 2 is 1.00 bits per heavy atom. The summed E-state index contributed by atoms with van der Waals surface area (Å²) in [7, 11) is 7.72. The van der Waals surface area contributed by atoms with Crippen molar-refractivity contribution >= 4 is 20.5 Å². The van der Waals surface area contributed by atoms with Crippen molar-refractivity contribution in [3.63, 3.8) is 0 Å². The third-order valence-corrected chi connectivity index (χ3v) is 8.86. The molecule has 0 rings (SSSR count). The first-order valence-corrected chi connectivity index (χ1v) is 11.8. The zero-order valence-electron chi connectivity index (χ0n) is 19.2. The fraction of sp³-hybridized carbons (Fsp3) is 1.00. The van der Waals surface area contributed by atoms with Gasteiger partial charge in [-0.05, 0) is 26.7 Å². The number of ether oxygens (including phenoxy) is 6. The topological polar surface area (TPSA) is 67.4 Å². The standard InChI is InChI=1S/C18H43NO6Si2/c1-9-11-13-24-17(26,22-7)15(3,20-5)19-16(4,21-6)18(27,23-8)25-14-12-10-2/h19H,9-14H2,1-8,26-27H3. The predicted octanol–water partition coefficient (Wildman–Crippen LogP) is 0.266. The van der Waals surface area contributed by atoms with Gasteiger partial charge in [-0.2, -0.15) is 0 Å². The maximum Gasteiger partial charge on any atom is 0.181 e. The molecule has 27 heavy (non-hydrogen) atoms. The molecule has 164 valence electrons. The quantitative estimate of drug-likeness (QED) is 0.216. The van der Waals surface area contributed by atoms with Crippen LogP contribution in [0.15, 0.2) is 0 Å². The zero-order chi connectivity index (χ0) is 21.2. The maximum absolute atomic E-state index is 6.14. The van der Waals surface area contributed by atoms with E-state index in [0.29, 0.717) is 33.7 Å². The van der Waals surface area contributed by atoms with E-state index in [9.17, 15) is 0 Å². The molecular formula is C18H43NO6Si2. The van der Waals surface area contributed by atoms with Crippen molar-refractivity contribution < 1.29 is 28.4 Å². The number of nitrogens with one attached hydrogen (secondary N) is 1. The van der Waals surface area contributed by atoms with E-state index in [-0.39, 0.29) is 0 Å². The molecule has 4 atom stereocenters. The molecule has 0 aromatic carbocycles. The molecule has 1 N–H and O–H groups in total. The molecule has 7 nitrogen and oxygen atoms in total. The van der Waals surface area contributed by atoms with E-state index in [1.54, 1.807) is 28.4 Å². The third kappa shape index (κ3) is 6.58. The van der Waals surface area contributed by atoms with Gasteiger partial charge < -0.3 is 28.4 Å². The largest absolute Gasteiger partial charge is 0.359 e. The molecule has 9 heteroatoms. The second-order valence-electron chi connectivity index (χ2n) is 7.30. The first-order valence-electron chi connectivity index (χ1n) is 9.85. The van der Waals surface area contributed by atoms with Crippen LogP contribution in [0, 0.1) is 0 Å². The van der Waals surface area contributed by atoms with Gasteiger partial charge in [0.2, 0.25) is 0 Å². The first kappa shape index (κ1) is 27.2. The fourth-order valence-electron chi connectivity index (χ4n) is 2.76. The van der Waals surface area contributed by atoms with Gasteiger partial charge in [-0.3, -0.25) is 5.32 Å². The lowest BCUT2D eigenvalue weighted by Crippen LogP contribution is -2.76. The molecule has 0 fully saturated rings. The molecule has 0 aliphatic rings. The SMILES string of the molecule is CCCCOC([SiH3])(OC)C(C)(NC(C)(OC)C([SiH3])(OC)OCCCC)OC. The van der Waals surface area contributed by atoms with E-state index in [2.05, 4.69) is 19.2 Å². The van der Waals surface area contributed by atoms with Crippen molar-refractivity contribution in [2.24, 2.45) is 0 Å². The van der Waals surface area contributed by atoms with Crippen molar-refractivity contribution in [3.8, 4) is 0 Å². The second kappa shape index (κ2) is 12.0. The number of hydrogen-bond acceptors (Lipinski definition) is 7. The molecule has 0 spiro atoms. The smallest absolute Gasteiger partial charge is 0.181 e. The molecule has 0 aliphatic carbocycles. The Morgan fingerprint density at radius 3 is 1.22 bits per heavy atom. The molecule has 0 radical (unpaired) electrons. The van der Waals surface area contributed by atoms with Gasteiger partial charge in [0.05, 0.1) is 20.5 Å². The van der Waals surface area contributed by atoms with Crippen LogP contribution < -0.4 is 5.32 Å². The summed E-state index contributed by atoms with van der Waals surface area (Å²) in [4.78, 5) is 0. The molecule has 0 aromatic heterocycles. The molecule has 0 saturated carbocycles. The molecule has 0 heterocycles. The lowest BCUT2D eigenvalue weighted by molar-refractivity contribution is -0.327. The summed E-state index contributed by atoms with van der Waals surface area (Å²) in [5.41, 5.74) is -3.74. The Labute approximate surface area is 172 Å². The highest BCUT2D eigenvalue weighted by atomic mass is 28.2. The monoisotopic (exact) mass is 425 g/mol. The molecule has 0 saturated heterocycles. The van der Waals surface area contributed by atoms with Gasteiger partial charge in [0.1, 0.15) is 0 Å². The molecule has 0 aliphatic heterocycles. The lowest BCUT2D eigenvalue weighted by atomic mass is 10.1. The van der Waals surface area contributed by atoms with Crippen molar-refractivity contribution in [2.75, 3.05) is 41.7 Å². The molecule has 0 aromatic rings. The van der Waals surface area contributed by atoms with Gasteiger partial charge in [-0.1, -0.05) is 26.7 Å². The number of rotatable bonds is 16. The van der Waals surface area contributed by atoms with Gasteiger partial charge in [-0.25, -0.2) is 0 Å². The van der Waals surface area contributed by atoms with Crippen LogP contribution in [-0.4, -0.2) is 84.4 Å². The Balaban J connectivity index is 5.70. The van der Waals surface area contributed by atoms with Crippen LogP contribution in [0.3, 0.4) is 0 Å². The van der Waals surface area contributed by atoms with E-state index in [1.807, 2.05) is 13.8 Å². The average Bonchev–Trinajstić information content (AvgIpc) is 2.67. The minimum absolute atomic E-state index is 0.583. The fourth-order valence-corrected chi connectivity index (χ4v) is 3.83. The van der Waals surface area contributed by atoms with Crippen molar-refractivity contribution in [2.45, 2.75) is 75.6 Å². The van der Waals surface area contributed by atoms with Gasteiger partial charge >= 0.3 is 0 Å². The molecule has 0 bridgehead atoms. The van der Waals surface area contributed by atoms with Gasteiger partial charge in [0.25, 0.3) is 0 Å². The second-order valence-corrected chi connectivity index (χ2v) is 9.94. The van der Waals surface area contributed by atoms with E-state index in [1.165, 1.54) is 0 Å². The minimum Gasteiger partial charge on any atom is -0.359 e. The van der Waals surface area contributed by atoms with Gasteiger partial charge in [-0.15, -0.1) is 0 Å². The Morgan fingerprint density at radius 1 is 0.667 bits per heavy atom. The zero-order valence-corrected chi connectivity index (χ0v) is 23.2. The summed E-state index contributed by atoms with van der Waals surface area (Å²) >= 11 is 0. The van der Waals surface area contributed by atoms with Crippen molar-refractivity contribution in [1.29, 1.82) is 0 Å². The van der Waals surface area contributed by atoms with E-state index in [0.717, 1.165) is 25.7 Å². The molecule has 0 amide bonds. The van der Waals surface area contributed by atoms with Gasteiger partial charge in [0.15, 0.2) is 22.3 Å². The Hall–Kier alpha value is 0.154. The lowest BCUT2D eigenvalue weighted by Gasteiger charge is -2.52. The highest BCUT2D eigenvalue weighted by Gasteiger charge is 2.56. The van der Waals surface area contributed by atoms with Gasteiger partial charge in [0, 0.05) is 41.7 Å². The summed E-state index contributed by atoms with van der Waals surface area (Å²) < 4.78 is 35.6. The van der Waals surface area contributed by atoms with Crippen molar-refractivity contribution in [3.05, 3.63) is 0 Å². The van der Waals surface area contributed by atoms with E-state index < -0.39 is 22.3 Å². The molecule has 4 unspecified atom stereocenters. The summed E-state index contributed by atoms with van der Waals surface area (Å²) in [6, 6.07) is 0. The van der Waals surface area contributed by atoms with Crippen LogP contribution in [0.1, 0.15) is 53.4 Å². The average molecular weight is 426 g/mol. The van der Waals surface area contributed by atoms with Crippen LogP contribution in [0.25, 0.3) is 0 Å². The van der Waals surface area contributed by atoms with Crippen LogP contribution in [0.5, 0.6) is 0 Å². The van der Waals surface area contributed by atoms with E-state index >= 15 is 0 Å². The van der Waals surface area contributed by atoms with Crippen molar-refractivity contribution in [1.82, 2.24) is 5.32 Å². The number of hydrogen-bond donors (Lipinski definition) is 1. The molecular weight excluding hydrogens is 382 g/mol. The van der Waals surface area contributed by atoms with Crippen LogP contribution in [0.4, 0.5) is 0 Å². The number of unbranched alkanes of at least 4 members (excludes halogenated alkanes) is 2. The highest BCUT2D eigenvalue weighted by Crippen LogP contribution is 2.33. The summed E-state index contributed by atoms with van der Waals surface area (Å²) in [6.07, 6.45) is 4.01. The Bertz CT molecular complexity index is 385.